The summed E-state index contributed by atoms with van der Waals surface area (Å²) in [7, 11) is -9.15. The zero-order valence-electron chi connectivity index (χ0n) is 25.6. The summed E-state index contributed by atoms with van der Waals surface area (Å²) in [5.74, 6) is -1.09. The van der Waals surface area contributed by atoms with E-state index in [1.54, 1.807) is 0 Å². The predicted molar refractivity (Wildman–Crippen MR) is 144 cm³/mol. The molecule has 0 atom stereocenters. The van der Waals surface area contributed by atoms with E-state index in [1.165, 1.54) is 55.4 Å². The average molecular weight is 699 g/mol. The number of nitrogens with zero attached hydrogens (tertiary/aromatic N) is 4. The lowest BCUT2D eigenvalue weighted by atomic mass is 10.3. The normalized spacial score (nSPS) is 14.9. The second-order valence-corrected chi connectivity index (χ2v) is 15.6. The van der Waals surface area contributed by atoms with Crippen LogP contribution in [0, 0.1) is 0 Å². The highest BCUT2D eigenvalue weighted by Gasteiger charge is 2.75. The van der Waals surface area contributed by atoms with Crippen molar-refractivity contribution in [3.63, 3.8) is 0 Å². The highest BCUT2D eigenvalue weighted by molar-refractivity contribution is 7.83. The Morgan fingerprint density at radius 3 is 0.674 bits per heavy atom. The minimum absolute atomic E-state index is 0.221. The Labute approximate surface area is 247 Å². The summed E-state index contributed by atoms with van der Waals surface area (Å²) >= 11 is 0. The summed E-state index contributed by atoms with van der Waals surface area (Å²) in [6, 6.07) is 0. The van der Waals surface area contributed by atoms with Crippen molar-refractivity contribution >= 4 is 15.6 Å². The van der Waals surface area contributed by atoms with Crippen molar-refractivity contribution in [2.45, 2.75) is 92.3 Å². The van der Waals surface area contributed by atoms with Crippen LogP contribution in [-0.2, 0) is 9.05 Å². The van der Waals surface area contributed by atoms with Crippen LogP contribution in [0.2, 0.25) is 0 Å². The molecule has 260 valence electrons. The molecule has 0 amide bonds. The number of hydrogen-bond acceptors (Lipinski definition) is 6. The van der Waals surface area contributed by atoms with Crippen molar-refractivity contribution in [3.8, 4) is 0 Å². The second-order valence-electron chi connectivity index (χ2n) is 9.16. The van der Waals surface area contributed by atoms with E-state index in [0.717, 1.165) is 18.7 Å². The summed E-state index contributed by atoms with van der Waals surface area (Å²) in [5, 5.41) is 0. The average Bonchev–Trinajstić information content (AvgIpc) is 2.85. The first-order valence-electron chi connectivity index (χ1n) is 13.9. The van der Waals surface area contributed by atoms with Crippen LogP contribution in [0.1, 0.15) is 55.4 Å². The minimum Gasteiger partial charge on any atom is -0.173 e. The van der Waals surface area contributed by atoms with Gasteiger partial charge in [0.05, 0.1) is 0 Å². The van der Waals surface area contributed by atoms with Crippen molar-refractivity contribution in [1.82, 2.24) is 18.7 Å². The molecule has 0 fully saturated rings. The van der Waals surface area contributed by atoms with Crippen molar-refractivity contribution in [2.24, 2.45) is 0 Å². The van der Waals surface area contributed by atoms with Crippen molar-refractivity contribution in [1.29, 1.82) is 0 Å². The van der Waals surface area contributed by atoms with Gasteiger partial charge in [-0.1, -0.05) is 0 Å². The third kappa shape index (κ3) is 10.4. The van der Waals surface area contributed by atoms with Gasteiger partial charge in [0.15, 0.2) is 0 Å². The largest absolute Gasteiger partial charge is 0.428 e. The maximum absolute atomic E-state index is 14.0. The zero-order valence-corrected chi connectivity index (χ0v) is 27.3. The van der Waals surface area contributed by atoms with Crippen molar-refractivity contribution in [3.05, 3.63) is 0 Å². The highest BCUT2D eigenvalue weighted by Crippen LogP contribution is 2.82. The zero-order chi connectivity index (χ0) is 34.2. The summed E-state index contributed by atoms with van der Waals surface area (Å²) < 4.78 is 183. The third-order valence-electron chi connectivity index (χ3n) is 6.79. The topological polar surface area (TPSA) is 31.4 Å². The molecule has 0 N–H and O–H groups in total. The van der Waals surface area contributed by atoms with Gasteiger partial charge >= 0.3 is 40.3 Å². The molecule has 0 rings (SSSR count). The van der Waals surface area contributed by atoms with E-state index in [-0.39, 0.29) is 52.4 Å². The van der Waals surface area contributed by atoms with Gasteiger partial charge in [0.1, 0.15) is 0 Å². The molecule has 43 heavy (non-hydrogen) atoms. The molecular weight excluding hydrogens is 654 g/mol. The SMILES string of the molecule is CCN(CC)[P+](C[P+](OC(C(F)(F)F)C(F)(F)F)(N(CC)CC)N(CC)CC)(OC(C(F)(F)F)C(F)(F)F)N(CC)CC. The summed E-state index contributed by atoms with van der Waals surface area (Å²) in [4.78, 5) is 0. The van der Waals surface area contributed by atoms with Crippen LogP contribution in [0.25, 0.3) is 0 Å². The van der Waals surface area contributed by atoms with E-state index in [4.69, 9.17) is 9.05 Å². The van der Waals surface area contributed by atoms with E-state index in [2.05, 4.69) is 0 Å². The molecule has 0 unspecified atom stereocenters. The lowest BCUT2D eigenvalue weighted by Gasteiger charge is -2.46. The van der Waals surface area contributed by atoms with E-state index in [1.807, 2.05) is 0 Å². The smallest absolute Gasteiger partial charge is 0.173 e. The van der Waals surface area contributed by atoms with Gasteiger partial charge in [0, 0.05) is 52.4 Å². The quantitative estimate of drug-likeness (QED) is 0.105. The van der Waals surface area contributed by atoms with Gasteiger partial charge in [-0.2, -0.15) is 61.7 Å². The maximum Gasteiger partial charge on any atom is 0.428 e. The van der Waals surface area contributed by atoms with Crippen LogP contribution in [0.4, 0.5) is 52.7 Å². The fourth-order valence-electron chi connectivity index (χ4n) is 4.90. The molecule has 0 aliphatic heterocycles. The molecular formula is C23H44F12N4O2P2+2. The third-order valence-corrected chi connectivity index (χ3v) is 16.6. The molecule has 0 aromatic carbocycles. The molecule has 0 bridgehead atoms. The van der Waals surface area contributed by atoms with Gasteiger partial charge in [-0.15, -0.1) is 18.7 Å². The van der Waals surface area contributed by atoms with Crippen molar-refractivity contribution < 1.29 is 61.7 Å². The molecule has 0 aliphatic rings. The monoisotopic (exact) mass is 698 g/mol. The fraction of sp³-hybridized carbons (Fsp3) is 1.00. The standard InChI is InChI=1S/C23H44F12N4O2P2/c1-9-36(10-2)42(37(11-3)12-4,40-18(20(24,25)26)21(27,28)29)17-43(38(13-5)14-6,39(15-7)16-8)41-19(22(30,31)32)23(33,34)35/h18-19H,9-17H2,1-8H3/q+2. The second kappa shape index (κ2) is 16.6. The Balaban J connectivity index is 8.26. The van der Waals surface area contributed by atoms with Gasteiger partial charge in [0.25, 0.3) is 18.1 Å². The van der Waals surface area contributed by atoms with E-state index >= 15 is 0 Å². The van der Waals surface area contributed by atoms with Gasteiger partial charge in [0.2, 0.25) is 0 Å². The molecule has 0 radical (unpaired) electrons. The van der Waals surface area contributed by atoms with Crippen molar-refractivity contribution in [2.75, 3.05) is 58.3 Å². The number of hydrogen-bond donors (Lipinski definition) is 0. The number of rotatable bonds is 18. The van der Waals surface area contributed by atoms with E-state index in [9.17, 15) is 52.7 Å². The molecule has 0 heterocycles. The van der Waals surface area contributed by atoms with Gasteiger partial charge in [-0.3, -0.25) is 0 Å². The van der Waals surface area contributed by atoms with Crippen LogP contribution >= 0.6 is 15.6 Å². The Hall–Kier alpha value is -0.220. The first-order valence-corrected chi connectivity index (χ1v) is 17.5. The first-order chi connectivity index (χ1) is 19.5. The molecule has 0 spiro atoms. The molecule has 20 heteroatoms. The molecule has 0 saturated carbocycles. The summed E-state index contributed by atoms with van der Waals surface area (Å²) in [6.45, 7) is 9.50. The summed E-state index contributed by atoms with van der Waals surface area (Å²) in [6.07, 6.45) is -32.8. The first kappa shape index (κ1) is 42.8. The Morgan fingerprint density at radius 2 is 0.558 bits per heavy atom. The lowest BCUT2D eigenvalue weighted by molar-refractivity contribution is -0.301. The van der Waals surface area contributed by atoms with Gasteiger partial charge in [-0.25, -0.2) is 0 Å². The number of alkyl halides is 12. The predicted octanol–water partition coefficient (Wildman–Crippen LogP) is 8.86. The van der Waals surface area contributed by atoms with Crippen LogP contribution in [0.15, 0.2) is 0 Å². The Kier molecular flexibility index (Phi) is 16.5. The van der Waals surface area contributed by atoms with E-state index < -0.39 is 58.4 Å². The fourth-order valence-corrected chi connectivity index (χ4v) is 16.2. The van der Waals surface area contributed by atoms with Gasteiger partial charge < -0.3 is 0 Å². The van der Waals surface area contributed by atoms with Crippen LogP contribution in [0.3, 0.4) is 0 Å². The minimum atomic E-state index is -6.00. The van der Waals surface area contributed by atoms with Crippen LogP contribution in [0.5, 0.6) is 0 Å². The lowest BCUT2D eigenvalue weighted by Crippen LogP contribution is -2.53. The van der Waals surface area contributed by atoms with Crippen LogP contribution < -0.4 is 0 Å². The van der Waals surface area contributed by atoms with Crippen LogP contribution in [-0.4, -0.2) is 114 Å². The van der Waals surface area contributed by atoms with Gasteiger partial charge in [-0.05, 0) is 55.4 Å². The molecule has 6 nitrogen and oxygen atoms in total. The molecule has 0 aromatic rings. The molecule has 0 aliphatic carbocycles. The highest BCUT2D eigenvalue weighted by atomic mass is 31.3. The molecule has 0 aromatic heterocycles. The molecule has 0 saturated heterocycles. The number of halogens is 12. The Morgan fingerprint density at radius 1 is 0.395 bits per heavy atom. The maximum atomic E-state index is 14.0. The summed E-state index contributed by atoms with van der Waals surface area (Å²) in [5.41, 5.74) is 0. The van der Waals surface area contributed by atoms with E-state index in [0.29, 0.717) is 0 Å². The Bertz CT molecular complexity index is 683.